The van der Waals surface area contributed by atoms with E-state index in [1.807, 2.05) is 85.9 Å². The first-order valence-electron chi connectivity index (χ1n) is 13.0. The van der Waals surface area contributed by atoms with Gasteiger partial charge in [-0.2, -0.15) is 0 Å². The minimum Gasteiger partial charge on any atom is -0.392 e. The summed E-state index contributed by atoms with van der Waals surface area (Å²) in [5.41, 5.74) is 5.71. The molecule has 0 aliphatic carbocycles. The monoisotopic (exact) mass is 602 g/mol. The van der Waals surface area contributed by atoms with Gasteiger partial charge in [-0.3, -0.25) is 4.79 Å². The smallest absolute Gasteiger partial charge is 0.272 e. The molecule has 0 unspecified atom stereocenters. The number of aliphatic hydroxyl groups excluding tert-OH is 1. The summed E-state index contributed by atoms with van der Waals surface area (Å²) >= 11 is 16.9. The molecule has 6 nitrogen and oxygen atoms in total. The molecule has 0 saturated carbocycles. The Morgan fingerprint density at radius 1 is 1.02 bits per heavy atom. The zero-order chi connectivity index (χ0) is 28.7. The fourth-order valence-electron chi connectivity index (χ4n) is 4.65. The van der Waals surface area contributed by atoms with Crippen molar-refractivity contribution in [3.63, 3.8) is 0 Å². The largest absolute Gasteiger partial charge is 0.392 e. The standard InChI is InChI=1S/C31H33Cl3N2O4/c1-3-15-36(2)19-27-17-28(24-9-7-21(20-37)8-10-24)40-29(39-27)25-13-11-23(12-14-25)26-6-4-5-22(16-26)18-35-30(38)31(32,33)34/h3-14,16,27-29,37H,1,15,17-20H2,2H3,(H,35,38)/t27-,28+,29+/m0/s1. The van der Waals surface area contributed by atoms with Crippen LogP contribution in [-0.2, 0) is 27.4 Å². The Balaban J connectivity index is 1.50. The Hall–Kier alpha value is -2.42. The van der Waals surface area contributed by atoms with E-state index in [-0.39, 0.29) is 25.4 Å². The first-order valence-corrected chi connectivity index (χ1v) is 14.1. The molecule has 9 heteroatoms. The number of nitrogens with one attached hydrogen (secondary N) is 1. The number of hydrogen-bond donors (Lipinski definition) is 2. The number of amides is 1. The van der Waals surface area contributed by atoms with E-state index >= 15 is 0 Å². The van der Waals surface area contributed by atoms with E-state index in [1.54, 1.807) is 0 Å². The van der Waals surface area contributed by atoms with Gasteiger partial charge >= 0.3 is 0 Å². The summed E-state index contributed by atoms with van der Waals surface area (Å²) in [7, 11) is 2.05. The highest BCUT2D eigenvalue weighted by Gasteiger charge is 2.33. The molecule has 0 bridgehead atoms. The van der Waals surface area contributed by atoms with Crippen LogP contribution in [0.1, 0.15) is 41.1 Å². The van der Waals surface area contributed by atoms with Gasteiger partial charge in [0.2, 0.25) is 0 Å². The predicted octanol–water partition coefficient (Wildman–Crippen LogP) is 6.50. The van der Waals surface area contributed by atoms with Gasteiger partial charge in [-0.1, -0.05) is 108 Å². The lowest BCUT2D eigenvalue weighted by atomic mass is 9.99. The van der Waals surface area contributed by atoms with Crippen LogP contribution in [0.5, 0.6) is 0 Å². The molecule has 1 fully saturated rings. The van der Waals surface area contributed by atoms with Crippen molar-refractivity contribution in [3.05, 3.63) is 108 Å². The van der Waals surface area contributed by atoms with E-state index in [9.17, 15) is 9.90 Å². The second kappa shape index (κ2) is 14.0. The van der Waals surface area contributed by atoms with Gasteiger partial charge in [0, 0.05) is 31.6 Å². The molecule has 0 aromatic heterocycles. The van der Waals surface area contributed by atoms with Gasteiger partial charge in [0.05, 0.1) is 18.8 Å². The molecule has 3 atom stereocenters. The van der Waals surface area contributed by atoms with Crippen molar-refractivity contribution in [2.75, 3.05) is 20.1 Å². The average Bonchev–Trinajstić information content (AvgIpc) is 2.95. The van der Waals surface area contributed by atoms with Gasteiger partial charge in [-0.15, -0.1) is 6.58 Å². The summed E-state index contributed by atoms with van der Waals surface area (Å²) < 4.78 is 10.9. The summed E-state index contributed by atoms with van der Waals surface area (Å²) in [6.07, 6.45) is 1.88. The van der Waals surface area contributed by atoms with Gasteiger partial charge in [-0.25, -0.2) is 0 Å². The summed E-state index contributed by atoms with van der Waals surface area (Å²) in [5, 5.41) is 12.1. The molecule has 40 heavy (non-hydrogen) atoms. The number of hydrogen-bond acceptors (Lipinski definition) is 5. The van der Waals surface area contributed by atoms with Crippen molar-refractivity contribution in [2.45, 2.75) is 41.9 Å². The highest BCUT2D eigenvalue weighted by Crippen LogP contribution is 2.38. The van der Waals surface area contributed by atoms with Crippen molar-refractivity contribution in [1.82, 2.24) is 10.2 Å². The molecule has 4 rings (SSSR count). The van der Waals surface area contributed by atoms with Crippen LogP contribution >= 0.6 is 34.8 Å². The number of likely N-dealkylation sites (N-methyl/N-ethyl adjacent to an activating group) is 1. The zero-order valence-corrected chi connectivity index (χ0v) is 24.5. The third-order valence-electron chi connectivity index (χ3n) is 6.72. The number of aliphatic hydroxyl groups is 1. The average molecular weight is 604 g/mol. The lowest BCUT2D eigenvalue weighted by Crippen LogP contribution is -2.37. The molecule has 0 spiro atoms. The zero-order valence-electron chi connectivity index (χ0n) is 22.2. The second-order valence-corrected chi connectivity index (χ2v) is 12.1. The van der Waals surface area contributed by atoms with E-state index in [0.717, 1.165) is 52.9 Å². The predicted molar refractivity (Wildman–Crippen MR) is 160 cm³/mol. The van der Waals surface area contributed by atoms with E-state index in [2.05, 4.69) is 16.8 Å². The van der Waals surface area contributed by atoms with Crippen molar-refractivity contribution in [3.8, 4) is 11.1 Å². The van der Waals surface area contributed by atoms with E-state index in [0.29, 0.717) is 0 Å². The van der Waals surface area contributed by atoms with Crippen LogP contribution in [-0.4, -0.2) is 45.9 Å². The van der Waals surface area contributed by atoms with Crippen molar-refractivity contribution < 1.29 is 19.4 Å². The summed E-state index contributed by atoms with van der Waals surface area (Å²) in [6, 6.07) is 23.8. The third-order valence-corrected chi connectivity index (χ3v) is 7.24. The summed E-state index contributed by atoms with van der Waals surface area (Å²) in [6.45, 7) is 5.60. The minimum atomic E-state index is -2.00. The second-order valence-electron chi connectivity index (χ2n) is 9.86. The number of ether oxygens (including phenoxy) is 2. The van der Waals surface area contributed by atoms with Gasteiger partial charge in [-0.05, 0) is 40.9 Å². The molecule has 1 heterocycles. The minimum absolute atomic E-state index is 0.00532. The molecule has 212 valence electrons. The van der Waals surface area contributed by atoms with Gasteiger partial charge < -0.3 is 24.8 Å². The first-order chi connectivity index (χ1) is 19.2. The van der Waals surface area contributed by atoms with Crippen LogP contribution in [0.2, 0.25) is 0 Å². The van der Waals surface area contributed by atoms with E-state index in [1.165, 1.54) is 0 Å². The van der Waals surface area contributed by atoms with Gasteiger partial charge in [0.25, 0.3) is 9.70 Å². The number of halogens is 3. The van der Waals surface area contributed by atoms with E-state index in [4.69, 9.17) is 44.3 Å². The Bertz CT molecular complexity index is 1280. The number of nitrogens with zero attached hydrogens (tertiary/aromatic N) is 1. The maximum atomic E-state index is 11.9. The van der Waals surface area contributed by atoms with E-state index < -0.39 is 16.0 Å². The topological polar surface area (TPSA) is 71.0 Å². The van der Waals surface area contributed by atoms with Crippen molar-refractivity contribution in [1.29, 1.82) is 0 Å². The van der Waals surface area contributed by atoms with Crippen LogP contribution in [0, 0.1) is 0 Å². The number of benzene rings is 3. The van der Waals surface area contributed by atoms with Crippen LogP contribution in [0.3, 0.4) is 0 Å². The van der Waals surface area contributed by atoms with Crippen LogP contribution in [0.4, 0.5) is 0 Å². The third kappa shape index (κ3) is 8.30. The fourth-order valence-corrected chi connectivity index (χ4v) is 4.85. The Labute approximate surface area is 250 Å². The Morgan fingerprint density at radius 3 is 2.38 bits per heavy atom. The molecule has 2 N–H and O–H groups in total. The fraction of sp³-hybridized carbons (Fsp3) is 0.323. The molecule has 1 saturated heterocycles. The maximum absolute atomic E-state index is 11.9. The molecular weight excluding hydrogens is 571 g/mol. The highest BCUT2D eigenvalue weighted by molar-refractivity contribution is 6.76. The number of alkyl halides is 3. The maximum Gasteiger partial charge on any atom is 0.272 e. The molecular formula is C31H33Cl3N2O4. The highest BCUT2D eigenvalue weighted by atomic mass is 35.6. The quantitative estimate of drug-likeness (QED) is 0.205. The van der Waals surface area contributed by atoms with Crippen LogP contribution in [0.15, 0.2) is 85.5 Å². The van der Waals surface area contributed by atoms with Crippen molar-refractivity contribution in [2.24, 2.45) is 0 Å². The molecule has 1 amide bonds. The Kier molecular flexibility index (Phi) is 10.7. The molecule has 0 radical (unpaired) electrons. The SMILES string of the molecule is C=CCN(C)C[C@@H]1C[C@H](c2ccc(CO)cc2)O[C@H](c2ccc(-c3cccc(CNC(=O)C(Cl)(Cl)Cl)c3)cc2)O1. The van der Waals surface area contributed by atoms with Crippen molar-refractivity contribution >= 4 is 40.7 Å². The van der Waals surface area contributed by atoms with Crippen LogP contribution in [0.25, 0.3) is 11.1 Å². The molecule has 3 aromatic rings. The first kappa shape index (κ1) is 30.5. The summed E-state index contributed by atoms with van der Waals surface area (Å²) in [4.78, 5) is 14.1. The summed E-state index contributed by atoms with van der Waals surface area (Å²) in [5.74, 6) is -0.670. The molecule has 1 aliphatic heterocycles. The van der Waals surface area contributed by atoms with Gasteiger partial charge in [0.1, 0.15) is 0 Å². The molecule has 3 aromatic carbocycles. The normalized spacial score (nSPS) is 19.4. The Morgan fingerprint density at radius 2 is 1.73 bits per heavy atom. The van der Waals surface area contributed by atoms with Gasteiger partial charge in [0.15, 0.2) is 6.29 Å². The number of rotatable bonds is 10. The lowest BCUT2D eigenvalue weighted by molar-refractivity contribution is -0.252. The molecule has 1 aliphatic rings. The lowest BCUT2D eigenvalue weighted by Gasteiger charge is -2.37. The van der Waals surface area contributed by atoms with Crippen LogP contribution < -0.4 is 5.32 Å². The number of carbonyl (C=O) groups excluding carboxylic acids is 1. The number of carbonyl (C=O) groups is 1.